The number of aromatic nitrogens is 2. The fraction of sp³-hybridized carbons (Fsp3) is 0.167. The van der Waals surface area contributed by atoms with E-state index < -0.39 is 29.4 Å². The zero-order valence-corrected chi connectivity index (χ0v) is 16.8. The number of carbonyl (C=O) groups is 1. The standard InChI is InChI=1S/C24H19F4N3O/c25-20-9-2-1-8-18(20)19(21-15-29-22-10-3-4-11-31(21)22)13-23(32)30-14-16-6-5-7-17(12-16)24(26,27)28/h1-12,15,19H,13-14H2,(H,30,32). The van der Waals surface area contributed by atoms with Crippen LogP contribution in [0.4, 0.5) is 17.6 Å². The number of benzene rings is 2. The third kappa shape index (κ3) is 4.64. The van der Waals surface area contributed by atoms with Crippen LogP contribution in [-0.4, -0.2) is 15.3 Å². The molecule has 0 spiro atoms. The third-order valence-electron chi connectivity index (χ3n) is 5.22. The average Bonchev–Trinajstić information content (AvgIpc) is 3.20. The first kappa shape index (κ1) is 21.5. The van der Waals surface area contributed by atoms with Crippen molar-refractivity contribution in [2.75, 3.05) is 0 Å². The zero-order chi connectivity index (χ0) is 22.7. The van der Waals surface area contributed by atoms with Gasteiger partial charge in [-0.1, -0.05) is 36.4 Å². The van der Waals surface area contributed by atoms with E-state index in [-0.39, 0.29) is 13.0 Å². The van der Waals surface area contributed by atoms with Crippen LogP contribution in [0.15, 0.2) is 79.1 Å². The molecular formula is C24H19F4N3O. The summed E-state index contributed by atoms with van der Waals surface area (Å²) in [6.45, 7) is -0.0695. The van der Waals surface area contributed by atoms with Gasteiger partial charge in [0.2, 0.25) is 5.91 Å². The second kappa shape index (κ2) is 8.82. The van der Waals surface area contributed by atoms with E-state index in [0.717, 1.165) is 12.1 Å². The molecule has 2 heterocycles. The molecule has 164 valence electrons. The minimum Gasteiger partial charge on any atom is -0.352 e. The van der Waals surface area contributed by atoms with Crippen molar-refractivity contribution >= 4 is 11.6 Å². The van der Waals surface area contributed by atoms with Crippen LogP contribution in [0.25, 0.3) is 5.65 Å². The largest absolute Gasteiger partial charge is 0.416 e. The number of alkyl halides is 3. The Balaban J connectivity index is 1.57. The monoisotopic (exact) mass is 441 g/mol. The summed E-state index contributed by atoms with van der Waals surface area (Å²) in [4.78, 5) is 17.1. The molecule has 1 atom stereocenters. The molecule has 1 N–H and O–H groups in total. The molecule has 1 unspecified atom stereocenters. The number of fused-ring (bicyclic) bond motifs is 1. The van der Waals surface area contributed by atoms with Crippen LogP contribution in [0.1, 0.15) is 34.7 Å². The molecule has 0 aliphatic carbocycles. The van der Waals surface area contributed by atoms with Gasteiger partial charge in [0.15, 0.2) is 0 Å². The Labute approximate surface area is 181 Å². The molecule has 0 bridgehead atoms. The number of rotatable bonds is 6. The summed E-state index contributed by atoms with van der Waals surface area (Å²) in [5.74, 6) is -1.49. The van der Waals surface area contributed by atoms with Crippen LogP contribution in [0.2, 0.25) is 0 Å². The maximum atomic E-state index is 14.6. The second-order valence-corrected chi connectivity index (χ2v) is 7.36. The van der Waals surface area contributed by atoms with Crippen LogP contribution in [0.5, 0.6) is 0 Å². The molecule has 0 saturated heterocycles. The number of nitrogens with one attached hydrogen (secondary N) is 1. The number of pyridine rings is 1. The average molecular weight is 441 g/mol. The summed E-state index contributed by atoms with van der Waals surface area (Å²) < 4.78 is 55.2. The van der Waals surface area contributed by atoms with Crippen LogP contribution in [-0.2, 0) is 17.5 Å². The molecule has 4 nitrogen and oxygen atoms in total. The van der Waals surface area contributed by atoms with E-state index in [1.165, 1.54) is 18.2 Å². The van der Waals surface area contributed by atoms with Crippen molar-refractivity contribution < 1.29 is 22.4 Å². The van der Waals surface area contributed by atoms with Gasteiger partial charge in [0.1, 0.15) is 11.5 Å². The highest BCUT2D eigenvalue weighted by Crippen LogP contribution is 2.31. The normalized spacial score (nSPS) is 12.6. The maximum Gasteiger partial charge on any atom is 0.416 e. The summed E-state index contributed by atoms with van der Waals surface area (Å²) in [5.41, 5.74) is 1.19. The lowest BCUT2D eigenvalue weighted by Crippen LogP contribution is -2.25. The molecule has 2 aromatic carbocycles. The SMILES string of the molecule is O=C(CC(c1ccccc1F)c1cnc2ccccn12)NCc1cccc(C(F)(F)F)c1. The molecule has 32 heavy (non-hydrogen) atoms. The first-order valence-electron chi connectivity index (χ1n) is 9.92. The molecule has 0 fully saturated rings. The number of hydrogen-bond acceptors (Lipinski definition) is 2. The van der Waals surface area contributed by atoms with Gasteiger partial charge in [-0.05, 0) is 41.5 Å². The second-order valence-electron chi connectivity index (χ2n) is 7.36. The molecule has 0 aliphatic rings. The quantitative estimate of drug-likeness (QED) is 0.411. The maximum absolute atomic E-state index is 14.6. The summed E-state index contributed by atoms with van der Waals surface area (Å²) in [7, 11) is 0. The molecule has 0 saturated carbocycles. The van der Waals surface area contributed by atoms with Gasteiger partial charge in [-0.15, -0.1) is 0 Å². The van der Waals surface area contributed by atoms with Gasteiger partial charge >= 0.3 is 6.18 Å². The van der Waals surface area contributed by atoms with Crippen molar-refractivity contribution in [3.63, 3.8) is 0 Å². The predicted molar refractivity (Wildman–Crippen MR) is 111 cm³/mol. The minimum atomic E-state index is -4.46. The molecule has 2 aromatic heterocycles. The lowest BCUT2D eigenvalue weighted by molar-refractivity contribution is -0.137. The topological polar surface area (TPSA) is 46.4 Å². The number of imidazole rings is 1. The van der Waals surface area contributed by atoms with Gasteiger partial charge in [0.25, 0.3) is 0 Å². The van der Waals surface area contributed by atoms with Crippen molar-refractivity contribution in [3.8, 4) is 0 Å². The Morgan fingerprint density at radius 1 is 1.03 bits per heavy atom. The van der Waals surface area contributed by atoms with Crippen molar-refractivity contribution in [1.82, 2.24) is 14.7 Å². The smallest absolute Gasteiger partial charge is 0.352 e. The summed E-state index contributed by atoms with van der Waals surface area (Å²) in [6, 6.07) is 16.4. The number of carbonyl (C=O) groups excluding carboxylic acids is 1. The van der Waals surface area contributed by atoms with Crippen molar-refractivity contribution in [3.05, 3.63) is 107 Å². The fourth-order valence-corrected chi connectivity index (χ4v) is 3.66. The van der Waals surface area contributed by atoms with Crippen LogP contribution >= 0.6 is 0 Å². The Morgan fingerprint density at radius 3 is 2.59 bits per heavy atom. The molecule has 8 heteroatoms. The predicted octanol–water partition coefficient (Wildman–Crippen LogP) is 5.33. The van der Waals surface area contributed by atoms with Gasteiger partial charge in [0, 0.05) is 31.3 Å². The fourth-order valence-electron chi connectivity index (χ4n) is 3.66. The lowest BCUT2D eigenvalue weighted by atomic mass is 9.91. The van der Waals surface area contributed by atoms with Gasteiger partial charge in [-0.2, -0.15) is 13.2 Å². The summed E-state index contributed by atoms with van der Waals surface area (Å²) in [5, 5.41) is 2.65. The molecular weight excluding hydrogens is 422 g/mol. The Kier molecular flexibility index (Phi) is 5.94. The highest BCUT2D eigenvalue weighted by atomic mass is 19.4. The highest BCUT2D eigenvalue weighted by molar-refractivity contribution is 5.77. The van der Waals surface area contributed by atoms with E-state index in [0.29, 0.717) is 22.5 Å². The molecule has 0 radical (unpaired) electrons. The number of halogens is 4. The molecule has 4 aromatic rings. The molecule has 0 aliphatic heterocycles. The van der Waals surface area contributed by atoms with Gasteiger partial charge in [0.05, 0.1) is 11.3 Å². The van der Waals surface area contributed by atoms with Crippen LogP contribution in [0.3, 0.4) is 0 Å². The van der Waals surface area contributed by atoms with Gasteiger partial charge in [-0.25, -0.2) is 9.37 Å². The summed E-state index contributed by atoms with van der Waals surface area (Å²) in [6.07, 6.45) is -1.17. The Morgan fingerprint density at radius 2 is 1.81 bits per heavy atom. The summed E-state index contributed by atoms with van der Waals surface area (Å²) >= 11 is 0. The number of nitrogens with zero attached hydrogens (tertiary/aromatic N) is 2. The highest BCUT2D eigenvalue weighted by Gasteiger charge is 2.30. The first-order valence-corrected chi connectivity index (χ1v) is 9.92. The van der Waals surface area contributed by atoms with E-state index in [4.69, 9.17) is 0 Å². The Bertz CT molecular complexity index is 1250. The van der Waals surface area contributed by atoms with E-state index in [9.17, 15) is 22.4 Å². The Hall–Kier alpha value is -3.68. The van der Waals surface area contributed by atoms with E-state index in [1.54, 1.807) is 41.1 Å². The third-order valence-corrected chi connectivity index (χ3v) is 5.22. The van der Waals surface area contributed by atoms with Gasteiger partial charge < -0.3 is 9.72 Å². The van der Waals surface area contributed by atoms with Crippen molar-refractivity contribution in [1.29, 1.82) is 0 Å². The van der Waals surface area contributed by atoms with E-state index in [1.807, 2.05) is 12.1 Å². The number of hydrogen-bond donors (Lipinski definition) is 1. The van der Waals surface area contributed by atoms with Crippen molar-refractivity contribution in [2.45, 2.75) is 25.1 Å². The van der Waals surface area contributed by atoms with Crippen LogP contribution < -0.4 is 5.32 Å². The minimum absolute atomic E-state index is 0.0695. The van der Waals surface area contributed by atoms with E-state index >= 15 is 0 Å². The van der Waals surface area contributed by atoms with Crippen molar-refractivity contribution in [2.24, 2.45) is 0 Å². The van der Waals surface area contributed by atoms with Crippen LogP contribution in [0, 0.1) is 5.82 Å². The lowest BCUT2D eigenvalue weighted by Gasteiger charge is -2.18. The van der Waals surface area contributed by atoms with Gasteiger partial charge in [-0.3, -0.25) is 4.79 Å². The zero-order valence-electron chi connectivity index (χ0n) is 16.8. The first-order chi connectivity index (χ1) is 15.3. The number of amides is 1. The van der Waals surface area contributed by atoms with E-state index in [2.05, 4.69) is 10.3 Å². The molecule has 1 amide bonds. The molecule has 4 rings (SSSR count).